The van der Waals surface area contributed by atoms with Crippen LogP contribution >= 0.6 is 11.6 Å². The smallest absolute Gasteiger partial charge is 0.270 e. The molecule has 6 heteroatoms. The lowest BCUT2D eigenvalue weighted by atomic mass is 10.1. The number of halogens is 1. The van der Waals surface area contributed by atoms with Gasteiger partial charge in [-0.05, 0) is 43.5 Å². The number of nitrogens with one attached hydrogen (secondary N) is 2. The van der Waals surface area contributed by atoms with Gasteiger partial charge in [0.25, 0.3) is 5.91 Å². The van der Waals surface area contributed by atoms with Crippen LogP contribution in [0.15, 0.2) is 54.6 Å². The highest BCUT2D eigenvalue weighted by Gasteiger charge is 2.10. The summed E-state index contributed by atoms with van der Waals surface area (Å²) in [6.45, 7) is 5.00. The summed E-state index contributed by atoms with van der Waals surface area (Å²) in [5, 5.41) is 6.88. The number of nitrogens with zero attached hydrogens (tertiary/aromatic N) is 2. The SMILES string of the molecule is Cc1cccc(CNc2cc(C(=O)NCCc3ccc(Cl)cc3)nc(C)n2)c1. The summed E-state index contributed by atoms with van der Waals surface area (Å²) in [6.07, 6.45) is 0.728. The molecule has 3 aromatic rings. The van der Waals surface area contributed by atoms with E-state index in [0.29, 0.717) is 35.4 Å². The first kappa shape index (κ1) is 19.8. The lowest BCUT2D eigenvalue weighted by Gasteiger charge is -2.10. The molecule has 0 radical (unpaired) electrons. The van der Waals surface area contributed by atoms with Gasteiger partial charge in [-0.2, -0.15) is 0 Å². The second-order valence-electron chi connectivity index (χ2n) is 6.66. The maximum Gasteiger partial charge on any atom is 0.270 e. The van der Waals surface area contributed by atoms with E-state index >= 15 is 0 Å². The van der Waals surface area contributed by atoms with E-state index in [9.17, 15) is 4.79 Å². The summed E-state index contributed by atoms with van der Waals surface area (Å²) in [6, 6.07) is 17.5. The van der Waals surface area contributed by atoms with Crippen LogP contribution in [0.2, 0.25) is 5.02 Å². The minimum Gasteiger partial charge on any atom is -0.366 e. The van der Waals surface area contributed by atoms with Crippen LogP contribution in [0.25, 0.3) is 0 Å². The van der Waals surface area contributed by atoms with E-state index in [4.69, 9.17) is 11.6 Å². The van der Waals surface area contributed by atoms with Crippen LogP contribution in [0.5, 0.6) is 0 Å². The van der Waals surface area contributed by atoms with Gasteiger partial charge in [0.05, 0.1) is 0 Å². The van der Waals surface area contributed by atoms with Crippen LogP contribution in [0, 0.1) is 13.8 Å². The zero-order chi connectivity index (χ0) is 19.9. The van der Waals surface area contributed by atoms with Crippen molar-refractivity contribution >= 4 is 23.3 Å². The third-order valence-electron chi connectivity index (χ3n) is 4.24. The molecule has 0 aliphatic rings. The van der Waals surface area contributed by atoms with Gasteiger partial charge in [-0.25, -0.2) is 9.97 Å². The van der Waals surface area contributed by atoms with E-state index in [1.165, 1.54) is 5.56 Å². The van der Waals surface area contributed by atoms with E-state index in [0.717, 1.165) is 17.5 Å². The molecule has 5 nitrogen and oxygen atoms in total. The predicted octanol–water partition coefficient (Wildman–Crippen LogP) is 4.33. The van der Waals surface area contributed by atoms with Crippen molar-refractivity contribution in [1.82, 2.24) is 15.3 Å². The Bertz CT molecular complexity index is 957. The predicted molar refractivity (Wildman–Crippen MR) is 113 cm³/mol. The van der Waals surface area contributed by atoms with E-state index in [2.05, 4.69) is 45.7 Å². The van der Waals surface area contributed by atoms with Gasteiger partial charge in [-0.15, -0.1) is 0 Å². The van der Waals surface area contributed by atoms with Gasteiger partial charge >= 0.3 is 0 Å². The number of aromatic nitrogens is 2. The third-order valence-corrected chi connectivity index (χ3v) is 4.49. The largest absolute Gasteiger partial charge is 0.366 e. The number of carbonyl (C=O) groups is 1. The fourth-order valence-electron chi connectivity index (χ4n) is 2.85. The lowest BCUT2D eigenvalue weighted by Crippen LogP contribution is -2.27. The molecule has 3 rings (SSSR count). The second kappa shape index (κ2) is 9.33. The van der Waals surface area contributed by atoms with Crippen molar-refractivity contribution in [2.45, 2.75) is 26.8 Å². The maximum atomic E-state index is 12.5. The molecule has 2 N–H and O–H groups in total. The van der Waals surface area contributed by atoms with Crippen LogP contribution < -0.4 is 10.6 Å². The first-order valence-electron chi connectivity index (χ1n) is 9.17. The van der Waals surface area contributed by atoms with E-state index < -0.39 is 0 Å². The number of benzene rings is 2. The third kappa shape index (κ3) is 5.79. The van der Waals surface area contributed by atoms with Gasteiger partial charge in [0.1, 0.15) is 17.3 Å². The fraction of sp³-hybridized carbons (Fsp3) is 0.227. The highest BCUT2D eigenvalue weighted by Crippen LogP contribution is 2.11. The molecule has 1 aromatic heterocycles. The summed E-state index contributed by atoms with van der Waals surface area (Å²) in [7, 11) is 0. The summed E-state index contributed by atoms with van der Waals surface area (Å²) in [4.78, 5) is 21.1. The molecule has 0 aliphatic heterocycles. The molecular formula is C22H23ClN4O. The average molecular weight is 395 g/mol. The number of aryl methyl sites for hydroxylation is 2. The van der Waals surface area contributed by atoms with Crippen molar-refractivity contribution in [2.75, 3.05) is 11.9 Å². The Morgan fingerprint density at radius 1 is 1.00 bits per heavy atom. The zero-order valence-electron chi connectivity index (χ0n) is 16.0. The van der Waals surface area contributed by atoms with Gasteiger partial charge in [0.2, 0.25) is 0 Å². The van der Waals surface area contributed by atoms with Crippen LogP contribution in [0.1, 0.15) is 33.0 Å². The molecule has 0 unspecified atom stereocenters. The van der Waals surface area contributed by atoms with Crippen LogP contribution in [0.4, 0.5) is 5.82 Å². The Labute approximate surface area is 170 Å². The highest BCUT2D eigenvalue weighted by atomic mass is 35.5. The minimum absolute atomic E-state index is 0.210. The number of anilines is 1. The molecule has 0 aliphatic carbocycles. The first-order valence-corrected chi connectivity index (χ1v) is 9.55. The molecular weight excluding hydrogens is 372 g/mol. The molecule has 0 spiro atoms. The Kier molecular flexibility index (Phi) is 6.61. The molecule has 0 atom stereocenters. The van der Waals surface area contributed by atoms with Crippen molar-refractivity contribution in [3.63, 3.8) is 0 Å². The van der Waals surface area contributed by atoms with Crippen molar-refractivity contribution in [3.8, 4) is 0 Å². The highest BCUT2D eigenvalue weighted by molar-refractivity contribution is 6.30. The van der Waals surface area contributed by atoms with Gasteiger partial charge < -0.3 is 10.6 Å². The fourth-order valence-corrected chi connectivity index (χ4v) is 2.98. The number of amides is 1. The molecule has 0 bridgehead atoms. The van der Waals surface area contributed by atoms with E-state index in [1.807, 2.05) is 30.3 Å². The number of carbonyl (C=O) groups excluding carboxylic acids is 1. The Morgan fingerprint density at radius 3 is 2.54 bits per heavy atom. The maximum absolute atomic E-state index is 12.5. The molecule has 0 saturated carbocycles. The van der Waals surface area contributed by atoms with Gasteiger partial charge in [0, 0.05) is 24.2 Å². The lowest BCUT2D eigenvalue weighted by molar-refractivity contribution is 0.0949. The standard InChI is InChI=1S/C22H23ClN4O/c1-15-4-3-5-18(12-15)14-25-21-13-20(26-16(2)27-21)22(28)24-11-10-17-6-8-19(23)9-7-17/h3-9,12-13H,10-11,14H2,1-2H3,(H,24,28)(H,25,26,27). The summed E-state index contributed by atoms with van der Waals surface area (Å²) in [5.41, 5.74) is 3.84. The quantitative estimate of drug-likeness (QED) is 0.625. The van der Waals surface area contributed by atoms with E-state index in [1.54, 1.807) is 13.0 Å². The zero-order valence-corrected chi connectivity index (χ0v) is 16.8. The van der Waals surface area contributed by atoms with Gasteiger partial charge in [-0.3, -0.25) is 4.79 Å². The van der Waals surface area contributed by atoms with Crippen LogP contribution in [-0.4, -0.2) is 22.4 Å². The monoisotopic (exact) mass is 394 g/mol. The molecule has 1 amide bonds. The molecule has 2 aromatic carbocycles. The molecule has 1 heterocycles. The normalized spacial score (nSPS) is 10.5. The van der Waals surface area contributed by atoms with Gasteiger partial charge in [-0.1, -0.05) is 53.6 Å². The minimum atomic E-state index is -0.210. The van der Waals surface area contributed by atoms with Crippen molar-refractivity contribution in [2.24, 2.45) is 0 Å². The summed E-state index contributed by atoms with van der Waals surface area (Å²) < 4.78 is 0. The summed E-state index contributed by atoms with van der Waals surface area (Å²) >= 11 is 5.89. The van der Waals surface area contributed by atoms with Gasteiger partial charge in [0.15, 0.2) is 0 Å². The van der Waals surface area contributed by atoms with E-state index in [-0.39, 0.29) is 5.91 Å². The Hall–Kier alpha value is -2.92. The molecule has 0 saturated heterocycles. The molecule has 0 fully saturated rings. The topological polar surface area (TPSA) is 66.9 Å². The Morgan fingerprint density at radius 2 is 1.79 bits per heavy atom. The summed E-state index contributed by atoms with van der Waals surface area (Å²) in [5.74, 6) is 0.979. The van der Waals surface area contributed by atoms with Crippen molar-refractivity contribution < 1.29 is 4.79 Å². The number of rotatable bonds is 7. The Balaban J connectivity index is 1.58. The van der Waals surface area contributed by atoms with Crippen molar-refractivity contribution in [3.05, 3.63) is 87.8 Å². The number of hydrogen-bond donors (Lipinski definition) is 2. The molecule has 144 valence electrons. The second-order valence-corrected chi connectivity index (χ2v) is 7.10. The van der Waals surface area contributed by atoms with Crippen LogP contribution in [0.3, 0.4) is 0 Å². The average Bonchev–Trinajstić information content (AvgIpc) is 2.67. The van der Waals surface area contributed by atoms with Crippen molar-refractivity contribution in [1.29, 1.82) is 0 Å². The number of hydrogen-bond acceptors (Lipinski definition) is 4. The first-order chi connectivity index (χ1) is 13.5. The van der Waals surface area contributed by atoms with Crippen LogP contribution in [-0.2, 0) is 13.0 Å². The molecule has 28 heavy (non-hydrogen) atoms.